The minimum absolute atomic E-state index is 0.0974. The van der Waals surface area contributed by atoms with Gasteiger partial charge in [-0.2, -0.15) is 0 Å². The van der Waals surface area contributed by atoms with E-state index in [1.807, 2.05) is 24.4 Å². The highest BCUT2D eigenvalue weighted by Crippen LogP contribution is 2.32. The third kappa shape index (κ3) is 3.32. The number of amides is 1. The van der Waals surface area contributed by atoms with Crippen molar-refractivity contribution in [2.45, 2.75) is 25.8 Å². The molecule has 0 radical (unpaired) electrons. The molecule has 1 aromatic carbocycles. The molecule has 0 aliphatic heterocycles. The minimum Gasteiger partial charge on any atom is -0.347 e. The van der Waals surface area contributed by atoms with Crippen LogP contribution in [0.25, 0.3) is 16.4 Å². The van der Waals surface area contributed by atoms with Gasteiger partial charge in [-0.15, -0.1) is 16.4 Å². The van der Waals surface area contributed by atoms with Crippen LogP contribution in [0.1, 0.15) is 30.4 Å². The summed E-state index contributed by atoms with van der Waals surface area (Å²) in [4.78, 5) is 17.8. The lowest BCUT2D eigenvalue weighted by Crippen LogP contribution is -2.34. The first-order chi connectivity index (χ1) is 12.1. The van der Waals surface area contributed by atoms with Crippen LogP contribution in [0.2, 0.25) is 0 Å². The van der Waals surface area contributed by atoms with Gasteiger partial charge in [0.25, 0.3) is 5.91 Å². The number of nitrogens with one attached hydrogen (secondary N) is 1. The van der Waals surface area contributed by atoms with Gasteiger partial charge in [-0.3, -0.25) is 4.79 Å². The van der Waals surface area contributed by atoms with Crippen molar-refractivity contribution in [3.05, 3.63) is 53.4 Å². The Morgan fingerprint density at radius 3 is 2.88 bits per heavy atom. The number of carbonyl (C=O) groups is 1. The van der Waals surface area contributed by atoms with Crippen LogP contribution in [0.3, 0.4) is 0 Å². The summed E-state index contributed by atoms with van der Waals surface area (Å²) in [5.74, 6) is 0.516. The van der Waals surface area contributed by atoms with Crippen molar-refractivity contribution in [3.8, 4) is 16.4 Å². The van der Waals surface area contributed by atoms with E-state index in [2.05, 4.69) is 15.4 Å². The number of aromatic nitrogens is 3. The molecular formula is C18H17FN4OS. The number of rotatable bonds is 5. The molecule has 4 rings (SSSR count). The van der Waals surface area contributed by atoms with Gasteiger partial charge in [0.15, 0.2) is 5.82 Å². The normalized spacial score (nSPS) is 15.1. The first-order valence-corrected chi connectivity index (χ1v) is 9.07. The molecule has 3 aromatic rings. The summed E-state index contributed by atoms with van der Waals surface area (Å²) in [6, 6.07) is 10.0. The van der Waals surface area contributed by atoms with Crippen LogP contribution < -0.4 is 5.32 Å². The van der Waals surface area contributed by atoms with Crippen LogP contribution in [0, 0.1) is 11.7 Å². The summed E-state index contributed by atoms with van der Waals surface area (Å²) >= 11 is 1.49. The minimum atomic E-state index is -0.363. The Labute approximate surface area is 148 Å². The Hall–Kier alpha value is -2.54. The Morgan fingerprint density at radius 1 is 1.36 bits per heavy atom. The van der Waals surface area contributed by atoms with Gasteiger partial charge in [0.1, 0.15) is 5.82 Å². The van der Waals surface area contributed by atoms with Crippen molar-refractivity contribution in [2.75, 3.05) is 0 Å². The fourth-order valence-corrected chi connectivity index (χ4v) is 3.45. The highest BCUT2D eigenvalue weighted by molar-refractivity contribution is 7.13. The highest BCUT2D eigenvalue weighted by atomic mass is 32.1. The van der Waals surface area contributed by atoms with Crippen molar-refractivity contribution < 1.29 is 9.18 Å². The fourth-order valence-electron chi connectivity index (χ4n) is 2.75. The molecule has 5 nitrogen and oxygen atoms in total. The van der Waals surface area contributed by atoms with E-state index in [-0.39, 0.29) is 23.6 Å². The summed E-state index contributed by atoms with van der Waals surface area (Å²) in [6.07, 6.45) is 2.29. The van der Waals surface area contributed by atoms with Gasteiger partial charge in [0, 0.05) is 6.04 Å². The molecule has 1 amide bonds. The van der Waals surface area contributed by atoms with Crippen LogP contribution in [0.15, 0.2) is 41.8 Å². The number of carbonyl (C=O) groups excluding carboxylic acids is 1. The van der Waals surface area contributed by atoms with Crippen molar-refractivity contribution in [1.82, 2.24) is 20.1 Å². The smallest absolute Gasteiger partial charge is 0.291 e. The van der Waals surface area contributed by atoms with Crippen LogP contribution in [-0.4, -0.2) is 26.7 Å². The molecule has 0 bridgehead atoms. The van der Waals surface area contributed by atoms with Crippen LogP contribution >= 0.6 is 11.3 Å². The number of halogens is 1. The monoisotopic (exact) mass is 356 g/mol. The summed E-state index contributed by atoms with van der Waals surface area (Å²) in [5, 5.41) is 9.23. The van der Waals surface area contributed by atoms with Gasteiger partial charge in [0.05, 0.1) is 10.6 Å². The van der Waals surface area contributed by atoms with Gasteiger partial charge in [-0.1, -0.05) is 12.1 Å². The highest BCUT2D eigenvalue weighted by Gasteiger charge is 2.30. The second kappa shape index (κ2) is 6.40. The zero-order valence-electron chi connectivity index (χ0n) is 13.6. The third-order valence-corrected chi connectivity index (χ3v) is 5.16. The van der Waals surface area contributed by atoms with Crippen molar-refractivity contribution in [2.24, 2.45) is 5.92 Å². The lowest BCUT2D eigenvalue weighted by atomic mass is 10.2. The molecule has 1 saturated carbocycles. The van der Waals surface area contributed by atoms with Crippen molar-refractivity contribution in [1.29, 1.82) is 0 Å². The number of hydrogen-bond donors (Lipinski definition) is 1. The first-order valence-electron chi connectivity index (χ1n) is 8.19. The molecule has 1 aliphatic carbocycles. The van der Waals surface area contributed by atoms with E-state index in [9.17, 15) is 9.18 Å². The lowest BCUT2D eigenvalue weighted by Gasteiger charge is -2.10. The molecule has 1 N–H and O–H groups in total. The topological polar surface area (TPSA) is 59.8 Å². The molecule has 1 aliphatic rings. The molecule has 25 heavy (non-hydrogen) atoms. The Morgan fingerprint density at radius 2 is 2.20 bits per heavy atom. The Balaban J connectivity index is 1.72. The molecular weight excluding hydrogens is 339 g/mol. The van der Waals surface area contributed by atoms with E-state index < -0.39 is 0 Å². The third-order valence-electron chi connectivity index (χ3n) is 4.29. The van der Waals surface area contributed by atoms with E-state index in [0.29, 0.717) is 17.4 Å². The lowest BCUT2D eigenvalue weighted by molar-refractivity contribution is 0.0925. The second-order valence-electron chi connectivity index (χ2n) is 6.23. The standard InChI is InChI=1S/C18H17FN4OS/c1-11(12-7-8-12)20-18(24)16-21-17(15-6-3-9-25-15)23(22-16)14-5-2-4-13(19)10-14/h2-6,9-12H,7-8H2,1H3,(H,20,24). The second-order valence-corrected chi connectivity index (χ2v) is 7.18. The van der Waals surface area contributed by atoms with E-state index in [4.69, 9.17) is 0 Å². The summed E-state index contributed by atoms with van der Waals surface area (Å²) < 4.78 is 15.1. The van der Waals surface area contributed by atoms with Gasteiger partial charge in [-0.05, 0) is 55.3 Å². The largest absolute Gasteiger partial charge is 0.347 e. The van der Waals surface area contributed by atoms with Gasteiger partial charge in [-0.25, -0.2) is 14.1 Å². The summed E-state index contributed by atoms with van der Waals surface area (Å²) in [7, 11) is 0. The SMILES string of the molecule is CC(NC(=O)c1nc(-c2cccs2)n(-c2cccc(F)c2)n1)C1CC1. The summed E-state index contributed by atoms with van der Waals surface area (Å²) in [5.41, 5.74) is 0.533. The molecule has 1 unspecified atom stereocenters. The molecule has 128 valence electrons. The Kier molecular flexibility index (Phi) is 4.09. The van der Waals surface area contributed by atoms with Crippen LogP contribution in [-0.2, 0) is 0 Å². The van der Waals surface area contributed by atoms with E-state index in [1.165, 1.54) is 28.2 Å². The average Bonchev–Trinajstić information content (AvgIpc) is 3.13. The van der Waals surface area contributed by atoms with E-state index >= 15 is 0 Å². The molecule has 0 saturated heterocycles. The zero-order valence-corrected chi connectivity index (χ0v) is 14.5. The average molecular weight is 356 g/mol. The van der Waals surface area contributed by atoms with Crippen LogP contribution in [0.5, 0.6) is 0 Å². The van der Waals surface area contributed by atoms with Crippen molar-refractivity contribution in [3.63, 3.8) is 0 Å². The maximum absolute atomic E-state index is 13.6. The molecule has 0 spiro atoms. The van der Waals surface area contributed by atoms with Gasteiger partial charge >= 0.3 is 0 Å². The molecule has 1 atom stereocenters. The molecule has 7 heteroatoms. The van der Waals surface area contributed by atoms with Gasteiger partial charge < -0.3 is 5.32 Å². The van der Waals surface area contributed by atoms with Gasteiger partial charge in [0.2, 0.25) is 5.82 Å². The molecule has 2 aromatic heterocycles. The fraction of sp³-hybridized carbons (Fsp3) is 0.278. The van der Waals surface area contributed by atoms with E-state index in [1.54, 1.807) is 12.1 Å². The van der Waals surface area contributed by atoms with Crippen LogP contribution in [0.4, 0.5) is 4.39 Å². The summed E-state index contributed by atoms with van der Waals surface area (Å²) in [6.45, 7) is 2.00. The number of benzene rings is 1. The number of nitrogens with zero attached hydrogens (tertiary/aromatic N) is 3. The zero-order chi connectivity index (χ0) is 17.4. The number of thiophene rings is 1. The van der Waals surface area contributed by atoms with Crippen molar-refractivity contribution >= 4 is 17.2 Å². The molecule has 2 heterocycles. The Bertz CT molecular complexity index is 902. The predicted octanol–water partition coefficient (Wildman–Crippen LogP) is 3.66. The predicted molar refractivity (Wildman–Crippen MR) is 94.3 cm³/mol. The molecule has 1 fully saturated rings. The number of hydrogen-bond acceptors (Lipinski definition) is 4. The maximum Gasteiger partial charge on any atom is 0.291 e. The maximum atomic E-state index is 13.6. The first kappa shape index (κ1) is 16.0. The quantitative estimate of drug-likeness (QED) is 0.759. The van der Waals surface area contributed by atoms with E-state index in [0.717, 1.165) is 17.7 Å².